The van der Waals surface area contributed by atoms with Gasteiger partial charge in [-0.2, -0.15) is 13.2 Å². The third-order valence-electron chi connectivity index (χ3n) is 1.51. The quantitative estimate of drug-likeness (QED) is 0.778. The van der Waals surface area contributed by atoms with Gasteiger partial charge in [0.2, 0.25) is 0 Å². The van der Waals surface area contributed by atoms with E-state index in [0.717, 1.165) is 12.1 Å². The van der Waals surface area contributed by atoms with Gasteiger partial charge < -0.3 is 5.73 Å². The van der Waals surface area contributed by atoms with Crippen LogP contribution in [0.1, 0.15) is 15.8 Å². The maximum Gasteiger partial charge on any atom is 0.425 e. The first kappa shape index (κ1) is 11.4. The zero-order valence-electron chi connectivity index (χ0n) is 6.68. The molecule has 0 saturated heterocycles. The van der Waals surface area contributed by atoms with Gasteiger partial charge in [-0.25, -0.2) is 8.78 Å². The van der Waals surface area contributed by atoms with E-state index in [0.29, 0.717) is 0 Å². The van der Waals surface area contributed by atoms with Crippen LogP contribution in [0, 0.1) is 0 Å². The van der Waals surface area contributed by atoms with Crippen molar-refractivity contribution >= 4 is 11.3 Å². The summed E-state index contributed by atoms with van der Waals surface area (Å²) in [6.45, 7) is 0. The molecular weight excluding hydrogens is 225 g/mol. The van der Waals surface area contributed by atoms with Gasteiger partial charge in [0.05, 0.1) is 0 Å². The van der Waals surface area contributed by atoms with Gasteiger partial charge in [0.1, 0.15) is 10.9 Å². The van der Waals surface area contributed by atoms with E-state index in [9.17, 15) is 22.0 Å². The van der Waals surface area contributed by atoms with Crippen LogP contribution in [0.4, 0.5) is 22.0 Å². The molecule has 0 saturated carbocycles. The van der Waals surface area contributed by atoms with Crippen LogP contribution in [0.5, 0.6) is 0 Å². The van der Waals surface area contributed by atoms with Gasteiger partial charge in [0.25, 0.3) is 6.43 Å². The van der Waals surface area contributed by atoms with Gasteiger partial charge in [-0.1, -0.05) is 0 Å². The second-order valence-corrected chi connectivity index (χ2v) is 3.68. The number of rotatable bonds is 2. The molecule has 1 unspecified atom stereocenters. The Morgan fingerprint density at radius 2 is 1.79 bits per heavy atom. The molecule has 0 aromatic carbocycles. The first-order valence-electron chi connectivity index (χ1n) is 3.53. The van der Waals surface area contributed by atoms with E-state index in [1.807, 2.05) is 0 Å². The minimum Gasteiger partial charge on any atom is -0.319 e. The van der Waals surface area contributed by atoms with Crippen molar-refractivity contribution in [1.82, 2.24) is 0 Å². The van der Waals surface area contributed by atoms with Crippen LogP contribution >= 0.6 is 11.3 Å². The van der Waals surface area contributed by atoms with Crippen LogP contribution in [0.15, 0.2) is 12.1 Å². The van der Waals surface area contributed by atoms with Crippen molar-refractivity contribution in [3.8, 4) is 0 Å². The largest absolute Gasteiger partial charge is 0.425 e. The van der Waals surface area contributed by atoms with E-state index in [2.05, 4.69) is 0 Å². The lowest BCUT2D eigenvalue weighted by molar-refractivity contribution is -0.134. The fourth-order valence-corrected chi connectivity index (χ4v) is 1.69. The molecule has 1 aromatic heterocycles. The molecule has 0 spiro atoms. The summed E-state index contributed by atoms with van der Waals surface area (Å²) in [5, 5.41) is 0. The van der Waals surface area contributed by atoms with Crippen molar-refractivity contribution in [1.29, 1.82) is 0 Å². The topological polar surface area (TPSA) is 26.0 Å². The maximum absolute atomic E-state index is 12.0. The van der Waals surface area contributed by atoms with Crippen molar-refractivity contribution in [2.24, 2.45) is 5.73 Å². The molecule has 0 aliphatic carbocycles. The molecule has 1 heterocycles. The highest BCUT2D eigenvalue weighted by atomic mass is 32.1. The summed E-state index contributed by atoms with van der Waals surface area (Å²) in [4.78, 5) is -1.07. The Bertz CT molecular complexity index is 305. The van der Waals surface area contributed by atoms with Crippen LogP contribution in [0.3, 0.4) is 0 Å². The molecule has 1 aromatic rings. The van der Waals surface area contributed by atoms with E-state index in [-0.39, 0.29) is 16.2 Å². The van der Waals surface area contributed by atoms with Crippen molar-refractivity contribution in [2.45, 2.75) is 18.6 Å². The average Bonchev–Trinajstić information content (AvgIpc) is 2.49. The number of nitrogens with two attached hydrogens (primary N) is 1. The predicted molar refractivity (Wildman–Crippen MR) is 42.3 cm³/mol. The van der Waals surface area contributed by atoms with Crippen LogP contribution in [-0.4, -0.2) is 6.43 Å². The van der Waals surface area contributed by atoms with Crippen LogP contribution in [0.2, 0.25) is 0 Å². The van der Waals surface area contributed by atoms with Crippen LogP contribution in [0.25, 0.3) is 0 Å². The Hall–Kier alpha value is -0.690. The number of thiophene rings is 1. The Labute approximate surface area is 80.3 Å². The van der Waals surface area contributed by atoms with Gasteiger partial charge in [0, 0.05) is 4.88 Å². The molecule has 1 nitrogen and oxygen atoms in total. The summed E-state index contributed by atoms with van der Waals surface area (Å²) >= 11 is 0.246. The molecule has 0 fully saturated rings. The summed E-state index contributed by atoms with van der Waals surface area (Å²) in [7, 11) is 0. The third-order valence-corrected chi connectivity index (χ3v) is 2.74. The minimum absolute atomic E-state index is 0.160. The highest BCUT2D eigenvalue weighted by molar-refractivity contribution is 7.12. The molecule has 80 valence electrons. The van der Waals surface area contributed by atoms with E-state index < -0.39 is 23.5 Å². The molecule has 0 aliphatic heterocycles. The summed E-state index contributed by atoms with van der Waals surface area (Å²) in [5.74, 6) is 0. The van der Waals surface area contributed by atoms with Gasteiger partial charge in [0.15, 0.2) is 0 Å². The molecule has 14 heavy (non-hydrogen) atoms. The molecule has 2 N–H and O–H groups in total. The lowest BCUT2D eigenvalue weighted by atomic mass is 10.2. The lowest BCUT2D eigenvalue weighted by Gasteiger charge is -2.07. The standard InChI is InChI=1S/C7H6F5NS/c8-6(9)5(13)3-1-2-4(14-3)7(10,11)12/h1-2,5-6H,13H2. The highest BCUT2D eigenvalue weighted by Crippen LogP contribution is 2.36. The lowest BCUT2D eigenvalue weighted by Crippen LogP contribution is -2.17. The summed E-state index contributed by atoms with van der Waals surface area (Å²) in [6.07, 6.45) is -7.35. The summed E-state index contributed by atoms with van der Waals surface area (Å²) < 4.78 is 60.2. The zero-order chi connectivity index (χ0) is 10.9. The summed E-state index contributed by atoms with van der Waals surface area (Å²) in [5.41, 5.74) is 4.99. The monoisotopic (exact) mass is 231 g/mol. The van der Waals surface area contributed by atoms with Gasteiger partial charge in [-0.15, -0.1) is 11.3 Å². The highest BCUT2D eigenvalue weighted by Gasteiger charge is 2.33. The molecule has 0 radical (unpaired) electrons. The van der Waals surface area contributed by atoms with Crippen molar-refractivity contribution in [3.63, 3.8) is 0 Å². The maximum atomic E-state index is 12.0. The molecule has 7 heteroatoms. The molecule has 0 aliphatic rings. The van der Waals surface area contributed by atoms with Gasteiger partial charge in [-0.05, 0) is 12.1 Å². The summed E-state index contributed by atoms with van der Waals surface area (Å²) in [6, 6.07) is 0.0862. The minimum atomic E-state index is -4.50. The third kappa shape index (κ3) is 2.42. The second-order valence-electron chi connectivity index (χ2n) is 2.56. The molecule has 0 amide bonds. The second kappa shape index (κ2) is 3.82. The number of alkyl halides is 5. The van der Waals surface area contributed by atoms with E-state index >= 15 is 0 Å². The number of halogens is 5. The first-order valence-corrected chi connectivity index (χ1v) is 4.34. The SMILES string of the molecule is NC(c1ccc(C(F)(F)F)s1)C(F)F. The molecule has 1 rings (SSSR count). The smallest absolute Gasteiger partial charge is 0.319 e. The van der Waals surface area contributed by atoms with Gasteiger partial charge in [-0.3, -0.25) is 0 Å². The Kier molecular flexibility index (Phi) is 3.10. The molecule has 0 bridgehead atoms. The van der Waals surface area contributed by atoms with Crippen molar-refractivity contribution < 1.29 is 22.0 Å². The Morgan fingerprint density at radius 1 is 1.21 bits per heavy atom. The van der Waals surface area contributed by atoms with Crippen LogP contribution < -0.4 is 5.73 Å². The zero-order valence-corrected chi connectivity index (χ0v) is 7.50. The van der Waals surface area contributed by atoms with E-state index in [1.54, 1.807) is 0 Å². The first-order chi connectivity index (χ1) is 6.32. The fraction of sp³-hybridized carbons (Fsp3) is 0.429. The van der Waals surface area contributed by atoms with Crippen LogP contribution in [-0.2, 0) is 6.18 Å². The van der Waals surface area contributed by atoms with E-state index in [1.165, 1.54) is 0 Å². The number of hydrogen-bond acceptors (Lipinski definition) is 2. The van der Waals surface area contributed by atoms with Crippen molar-refractivity contribution in [3.05, 3.63) is 21.9 Å². The Balaban J connectivity index is 2.89. The fourth-order valence-electron chi connectivity index (χ4n) is 0.809. The number of hydrogen-bond donors (Lipinski definition) is 1. The van der Waals surface area contributed by atoms with Gasteiger partial charge >= 0.3 is 6.18 Å². The normalized spacial score (nSPS) is 14.8. The molecular formula is C7H6F5NS. The Morgan fingerprint density at radius 3 is 2.14 bits per heavy atom. The van der Waals surface area contributed by atoms with Crippen molar-refractivity contribution in [2.75, 3.05) is 0 Å². The average molecular weight is 231 g/mol. The predicted octanol–water partition coefficient (Wildman–Crippen LogP) is 3.03. The molecule has 1 atom stereocenters. The van der Waals surface area contributed by atoms with E-state index in [4.69, 9.17) is 5.73 Å².